The van der Waals surface area contributed by atoms with E-state index in [0.29, 0.717) is 37.8 Å². The quantitative estimate of drug-likeness (QED) is 0.413. The fourth-order valence-corrected chi connectivity index (χ4v) is 3.25. The van der Waals surface area contributed by atoms with E-state index >= 15 is 0 Å². The first-order chi connectivity index (χ1) is 15.3. The van der Waals surface area contributed by atoms with Gasteiger partial charge in [-0.2, -0.15) is 0 Å². The first-order valence-corrected chi connectivity index (χ1v) is 10.9. The van der Waals surface area contributed by atoms with Gasteiger partial charge in [0.1, 0.15) is 18.2 Å². The van der Waals surface area contributed by atoms with Crippen molar-refractivity contribution in [2.45, 2.75) is 46.1 Å². The van der Waals surface area contributed by atoms with E-state index in [9.17, 15) is 4.79 Å². The lowest BCUT2D eigenvalue weighted by molar-refractivity contribution is 0.146. The maximum Gasteiger partial charge on any atom is 0.315 e. The summed E-state index contributed by atoms with van der Waals surface area (Å²) >= 11 is 0. The number of aryl methyl sites for hydroxylation is 1. The minimum Gasteiger partial charge on any atom is -0.491 e. The zero-order valence-corrected chi connectivity index (χ0v) is 19.5. The van der Waals surface area contributed by atoms with Crippen molar-refractivity contribution in [3.05, 3.63) is 24.0 Å². The second-order valence-electron chi connectivity index (χ2n) is 8.62. The first kappa shape index (κ1) is 23.5. The molecule has 2 heterocycles. The van der Waals surface area contributed by atoms with Crippen LogP contribution in [0.15, 0.2) is 18.2 Å². The molecule has 3 N–H and O–H groups in total. The van der Waals surface area contributed by atoms with Gasteiger partial charge in [0.25, 0.3) is 0 Å². The molecule has 1 aromatic carbocycles. The Hall–Kier alpha value is -3.14. The number of anilines is 1. The van der Waals surface area contributed by atoms with Crippen LogP contribution in [0, 0.1) is 6.92 Å². The first-order valence-electron chi connectivity index (χ1n) is 10.9. The van der Waals surface area contributed by atoms with Gasteiger partial charge in [-0.3, -0.25) is 4.40 Å². The van der Waals surface area contributed by atoms with E-state index in [1.807, 2.05) is 50.3 Å². The molecule has 32 heavy (non-hydrogen) atoms. The van der Waals surface area contributed by atoms with Crippen LogP contribution in [0.4, 0.5) is 10.6 Å². The lowest BCUT2D eigenvalue weighted by Gasteiger charge is -2.20. The maximum absolute atomic E-state index is 11.8. The molecule has 0 aliphatic rings. The molecule has 0 bridgehead atoms. The molecule has 0 fully saturated rings. The number of aromatic nitrogens is 4. The van der Waals surface area contributed by atoms with Crippen LogP contribution in [0.1, 0.15) is 39.4 Å². The summed E-state index contributed by atoms with van der Waals surface area (Å²) in [5, 5.41) is 17.7. The summed E-state index contributed by atoms with van der Waals surface area (Å²) in [4.78, 5) is 16.6. The number of nitrogens with zero attached hydrogens (tertiary/aromatic N) is 4. The second-order valence-corrected chi connectivity index (χ2v) is 8.62. The minimum atomic E-state index is -0.246. The molecule has 174 valence electrons. The standard InChI is InChI=1S/C22H33N7O3/c1-15-27-28-20-19(23-10-6-7-11-24-21(30)26-22(2,3)4)25-17-14-16(32-13-12-31-5)8-9-18(17)29(15)20/h8-9,14H,6-7,10-13H2,1-5H3,(H,23,25)(H2,24,26,30). The van der Waals surface area contributed by atoms with Gasteiger partial charge in [0.15, 0.2) is 5.82 Å². The number of rotatable bonds is 10. The van der Waals surface area contributed by atoms with Crippen LogP contribution in [-0.2, 0) is 4.74 Å². The van der Waals surface area contributed by atoms with Gasteiger partial charge in [0, 0.05) is 31.8 Å². The van der Waals surface area contributed by atoms with Gasteiger partial charge in [-0.15, -0.1) is 10.2 Å². The molecule has 10 nitrogen and oxygen atoms in total. The van der Waals surface area contributed by atoms with Crippen molar-refractivity contribution < 1.29 is 14.3 Å². The third-order valence-electron chi connectivity index (χ3n) is 4.68. The average Bonchev–Trinajstić information content (AvgIpc) is 3.11. The number of amides is 2. The van der Waals surface area contributed by atoms with Crippen LogP contribution in [0.25, 0.3) is 16.7 Å². The highest BCUT2D eigenvalue weighted by atomic mass is 16.5. The Bertz CT molecular complexity index is 1060. The van der Waals surface area contributed by atoms with Crippen LogP contribution in [0.3, 0.4) is 0 Å². The van der Waals surface area contributed by atoms with Gasteiger partial charge in [0.05, 0.1) is 17.6 Å². The molecular formula is C22H33N7O3. The molecule has 3 rings (SSSR count). The Morgan fingerprint density at radius 1 is 1.12 bits per heavy atom. The van der Waals surface area contributed by atoms with E-state index in [0.717, 1.165) is 35.4 Å². The SMILES string of the molecule is COCCOc1ccc2c(c1)nc(NCCCCNC(=O)NC(C)(C)C)c1nnc(C)n12. The number of carbonyl (C=O) groups is 1. The highest BCUT2D eigenvalue weighted by Crippen LogP contribution is 2.25. The number of carbonyl (C=O) groups excluding carboxylic acids is 1. The summed E-state index contributed by atoms with van der Waals surface area (Å²) in [7, 11) is 1.64. The monoisotopic (exact) mass is 443 g/mol. The number of urea groups is 1. The Balaban J connectivity index is 1.63. The van der Waals surface area contributed by atoms with E-state index in [4.69, 9.17) is 14.5 Å². The van der Waals surface area contributed by atoms with Gasteiger partial charge in [-0.25, -0.2) is 9.78 Å². The highest BCUT2D eigenvalue weighted by molar-refractivity contribution is 5.84. The topological polar surface area (TPSA) is 115 Å². The largest absolute Gasteiger partial charge is 0.491 e. The van der Waals surface area contributed by atoms with Gasteiger partial charge >= 0.3 is 6.03 Å². The average molecular weight is 444 g/mol. The van der Waals surface area contributed by atoms with Crippen molar-refractivity contribution >= 4 is 28.5 Å². The molecule has 2 aromatic heterocycles. The third-order valence-corrected chi connectivity index (χ3v) is 4.68. The number of benzene rings is 1. The molecule has 3 aromatic rings. The van der Waals surface area contributed by atoms with Crippen molar-refractivity contribution in [2.75, 3.05) is 38.7 Å². The second kappa shape index (κ2) is 10.4. The summed E-state index contributed by atoms with van der Waals surface area (Å²) in [6, 6.07) is 5.64. The van der Waals surface area contributed by atoms with E-state index in [2.05, 4.69) is 26.1 Å². The molecule has 0 saturated heterocycles. The van der Waals surface area contributed by atoms with Gasteiger partial charge < -0.3 is 25.4 Å². The number of unbranched alkanes of at least 4 members (excludes halogenated alkanes) is 1. The van der Waals surface area contributed by atoms with Crippen LogP contribution in [0.2, 0.25) is 0 Å². The molecule has 10 heteroatoms. The fraction of sp³-hybridized carbons (Fsp3) is 0.545. The molecule has 0 saturated carbocycles. The molecule has 0 aliphatic carbocycles. The highest BCUT2D eigenvalue weighted by Gasteiger charge is 2.14. The van der Waals surface area contributed by atoms with Gasteiger partial charge in [0.2, 0.25) is 5.65 Å². The Kier molecular flexibility index (Phi) is 7.68. The van der Waals surface area contributed by atoms with Crippen molar-refractivity contribution in [3.8, 4) is 5.75 Å². The number of methoxy groups -OCH3 is 1. The molecule has 0 spiro atoms. The summed E-state index contributed by atoms with van der Waals surface area (Å²) in [5.41, 5.74) is 2.15. The molecule has 0 radical (unpaired) electrons. The minimum absolute atomic E-state index is 0.147. The van der Waals surface area contributed by atoms with E-state index in [-0.39, 0.29) is 11.6 Å². The predicted molar refractivity (Wildman–Crippen MR) is 124 cm³/mol. The van der Waals surface area contributed by atoms with Gasteiger partial charge in [-0.1, -0.05) is 0 Å². The van der Waals surface area contributed by atoms with Crippen molar-refractivity contribution in [2.24, 2.45) is 0 Å². The van der Waals surface area contributed by atoms with E-state index in [1.54, 1.807) is 7.11 Å². The number of hydrogen-bond acceptors (Lipinski definition) is 7. The third kappa shape index (κ3) is 6.19. The number of ether oxygens (including phenoxy) is 2. The van der Waals surface area contributed by atoms with Crippen LogP contribution in [-0.4, -0.2) is 64.6 Å². The van der Waals surface area contributed by atoms with Crippen LogP contribution >= 0.6 is 0 Å². The predicted octanol–water partition coefficient (Wildman–Crippen LogP) is 2.90. The molecular weight excluding hydrogens is 410 g/mol. The van der Waals surface area contributed by atoms with Crippen LogP contribution in [0.5, 0.6) is 5.75 Å². The lowest BCUT2D eigenvalue weighted by atomic mass is 10.1. The Morgan fingerprint density at radius 2 is 1.91 bits per heavy atom. The van der Waals surface area contributed by atoms with Crippen LogP contribution < -0.4 is 20.7 Å². The normalized spacial score (nSPS) is 11.7. The fourth-order valence-electron chi connectivity index (χ4n) is 3.25. The van der Waals surface area contributed by atoms with Crippen molar-refractivity contribution in [3.63, 3.8) is 0 Å². The summed E-state index contributed by atoms with van der Waals surface area (Å²) in [6.07, 6.45) is 1.71. The number of fused-ring (bicyclic) bond motifs is 3. The van der Waals surface area contributed by atoms with Gasteiger partial charge in [-0.05, 0) is 52.7 Å². The Labute approximate surface area is 188 Å². The zero-order chi connectivity index (χ0) is 23.1. The summed E-state index contributed by atoms with van der Waals surface area (Å²) in [6.45, 7) is 10.1. The number of nitrogens with one attached hydrogen (secondary N) is 3. The number of hydrogen-bond donors (Lipinski definition) is 3. The van der Waals surface area contributed by atoms with Crippen molar-refractivity contribution in [1.29, 1.82) is 0 Å². The zero-order valence-electron chi connectivity index (χ0n) is 19.5. The molecule has 0 atom stereocenters. The van der Waals surface area contributed by atoms with E-state index in [1.165, 1.54) is 0 Å². The lowest BCUT2D eigenvalue weighted by Crippen LogP contribution is -2.46. The smallest absolute Gasteiger partial charge is 0.315 e. The molecule has 0 aliphatic heterocycles. The summed E-state index contributed by atoms with van der Waals surface area (Å²) < 4.78 is 12.8. The van der Waals surface area contributed by atoms with Crippen molar-refractivity contribution in [1.82, 2.24) is 30.2 Å². The molecule has 2 amide bonds. The Morgan fingerprint density at radius 3 is 2.66 bits per heavy atom. The molecule has 0 unspecified atom stereocenters. The maximum atomic E-state index is 11.8. The van der Waals surface area contributed by atoms with E-state index < -0.39 is 0 Å². The summed E-state index contributed by atoms with van der Waals surface area (Å²) in [5.74, 6) is 2.20.